The Bertz CT molecular complexity index is 458. The van der Waals surface area contributed by atoms with E-state index in [0.29, 0.717) is 17.1 Å². The molecule has 1 aromatic carbocycles. The van der Waals surface area contributed by atoms with Crippen LogP contribution in [0.1, 0.15) is 5.56 Å². The third-order valence-electron chi connectivity index (χ3n) is 2.96. The molecule has 18 heavy (non-hydrogen) atoms. The number of ether oxygens (including phenoxy) is 1. The van der Waals surface area contributed by atoms with E-state index in [4.69, 9.17) is 21.6 Å². The van der Waals surface area contributed by atoms with Crippen molar-refractivity contribution in [3.63, 3.8) is 0 Å². The van der Waals surface area contributed by atoms with E-state index in [1.54, 1.807) is 12.1 Å². The number of nitrogens with zero attached hydrogens (tertiary/aromatic N) is 2. The molecule has 0 aliphatic carbocycles. The molecule has 1 unspecified atom stereocenters. The minimum atomic E-state index is 0.158. The summed E-state index contributed by atoms with van der Waals surface area (Å²) in [6.45, 7) is 3.33. The van der Waals surface area contributed by atoms with Crippen molar-refractivity contribution in [2.45, 2.75) is 6.10 Å². The summed E-state index contributed by atoms with van der Waals surface area (Å²) in [4.78, 5) is 2.24. The van der Waals surface area contributed by atoms with E-state index >= 15 is 0 Å². The molecule has 5 heteroatoms. The lowest BCUT2D eigenvalue weighted by atomic mass is 10.2. The molecule has 96 valence electrons. The molecule has 1 aliphatic heterocycles. The van der Waals surface area contributed by atoms with Gasteiger partial charge >= 0.3 is 0 Å². The van der Waals surface area contributed by atoms with Crippen molar-refractivity contribution in [1.29, 1.82) is 5.26 Å². The zero-order valence-electron chi connectivity index (χ0n) is 10.3. The molecule has 1 fully saturated rings. The maximum absolute atomic E-state index is 9.03. The number of hydrogen-bond acceptors (Lipinski definition) is 4. The number of hydrogen-bond donors (Lipinski definition) is 1. The Morgan fingerprint density at radius 3 is 3.17 bits per heavy atom. The van der Waals surface area contributed by atoms with E-state index in [2.05, 4.69) is 23.3 Å². The van der Waals surface area contributed by atoms with Gasteiger partial charge < -0.3 is 15.0 Å². The molecule has 0 saturated carbocycles. The van der Waals surface area contributed by atoms with Crippen molar-refractivity contribution in [3.05, 3.63) is 28.8 Å². The molecular weight excluding hydrogens is 250 g/mol. The summed E-state index contributed by atoms with van der Waals surface area (Å²) < 4.78 is 5.65. The lowest BCUT2D eigenvalue weighted by Gasteiger charge is -2.30. The number of benzene rings is 1. The Hall–Kier alpha value is -1.28. The van der Waals surface area contributed by atoms with Gasteiger partial charge in [-0.05, 0) is 25.2 Å². The van der Waals surface area contributed by atoms with Gasteiger partial charge in [0.2, 0.25) is 0 Å². The summed E-state index contributed by atoms with van der Waals surface area (Å²) in [6, 6.07) is 7.40. The number of nitriles is 1. The molecule has 1 heterocycles. The minimum Gasteiger partial charge on any atom is -0.381 e. The number of likely N-dealkylation sites (N-methyl/N-ethyl adjacent to an activating group) is 1. The van der Waals surface area contributed by atoms with Crippen LogP contribution >= 0.6 is 11.6 Å². The Morgan fingerprint density at radius 1 is 1.61 bits per heavy atom. The predicted molar refractivity (Wildman–Crippen MR) is 71.9 cm³/mol. The van der Waals surface area contributed by atoms with Gasteiger partial charge in [-0.3, -0.25) is 0 Å². The topological polar surface area (TPSA) is 48.3 Å². The van der Waals surface area contributed by atoms with Gasteiger partial charge in [0, 0.05) is 24.7 Å². The summed E-state index contributed by atoms with van der Waals surface area (Å²) in [7, 11) is 2.08. The monoisotopic (exact) mass is 265 g/mol. The normalized spacial score (nSPS) is 20.4. The first-order valence-corrected chi connectivity index (χ1v) is 6.30. The smallest absolute Gasteiger partial charge is 0.101 e. The average molecular weight is 266 g/mol. The average Bonchev–Trinajstić information content (AvgIpc) is 2.37. The van der Waals surface area contributed by atoms with Crippen LogP contribution in [0.2, 0.25) is 5.02 Å². The summed E-state index contributed by atoms with van der Waals surface area (Å²) in [5, 5.41) is 12.9. The molecule has 1 aromatic rings. The van der Waals surface area contributed by atoms with Gasteiger partial charge in [0.25, 0.3) is 0 Å². The highest BCUT2D eigenvalue weighted by molar-refractivity contribution is 6.30. The molecular formula is C13H16ClN3O. The fourth-order valence-electron chi connectivity index (χ4n) is 1.98. The quantitative estimate of drug-likeness (QED) is 0.908. The fourth-order valence-corrected chi connectivity index (χ4v) is 2.15. The zero-order valence-corrected chi connectivity index (χ0v) is 11.1. The fraction of sp³-hybridized carbons (Fsp3) is 0.462. The van der Waals surface area contributed by atoms with E-state index in [0.717, 1.165) is 25.4 Å². The molecule has 0 bridgehead atoms. The third-order valence-corrected chi connectivity index (χ3v) is 3.20. The van der Waals surface area contributed by atoms with Crippen LogP contribution in [-0.4, -0.2) is 44.3 Å². The van der Waals surface area contributed by atoms with Gasteiger partial charge in [0.05, 0.1) is 24.0 Å². The van der Waals surface area contributed by atoms with Crippen LogP contribution in [0.15, 0.2) is 18.2 Å². The standard InChI is InChI=1S/C13H16ClN3O/c1-17-4-5-18-12(9-17)8-16-13-3-2-11(14)6-10(13)7-15/h2-3,6,12,16H,4-5,8-9H2,1H3. The summed E-state index contributed by atoms with van der Waals surface area (Å²) in [5.74, 6) is 0. The Labute approximate surface area is 112 Å². The highest BCUT2D eigenvalue weighted by atomic mass is 35.5. The number of rotatable bonds is 3. The van der Waals surface area contributed by atoms with E-state index < -0.39 is 0 Å². The molecule has 1 atom stereocenters. The number of halogens is 1. The Kier molecular flexibility index (Phi) is 4.43. The number of nitrogens with one attached hydrogen (secondary N) is 1. The Morgan fingerprint density at radius 2 is 2.44 bits per heavy atom. The Balaban J connectivity index is 1.96. The lowest BCUT2D eigenvalue weighted by Crippen LogP contribution is -2.43. The van der Waals surface area contributed by atoms with Gasteiger partial charge in [-0.2, -0.15) is 5.26 Å². The summed E-state index contributed by atoms with van der Waals surface area (Å²) in [5.41, 5.74) is 1.37. The molecule has 1 saturated heterocycles. The van der Waals surface area contributed by atoms with Crippen LogP contribution in [0.4, 0.5) is 5.69 Å². The van der Waals surface area contributed by atoms with Crippen molar-refractivity contribution in [2.75, 3.05) is 38.6 Å². The van der Waals surface area contributed by atoms with Gasteiger partial charge in [0.15, 0.2) is 0 Å². The van der Waals surface area contributed by atoms with Crippen LogP contribution in [0.25, 0.3) is 0 Å². The second kappa shape index (κ2) is 6.05. The molecule has 0 aromatic heterocycles. The van der Waals surface area contributed by atoms with Crippen molar-refractivity contribution in [2.24, 2.45) is 0 Å². The van der Waals surface area contributed by atoms with Crippen LogP contribution in [0, 0.1) is 11.3 Å². The molecule has 0 radical (unpaired) electrons. The first-order valence-electron chi connectivity index (χ1n) is 5.92. The maximum Gasteiger partial charge on any atom is 0.101 e. The molecule has 2 rings (SSSR count). The lowest BCUT2D eigenvalue weighted by molar-refractivity contribution is -0.0117. The van der Waals surface area contributed by atoms with E-state index in [-0.39, 0.29) is 6.10 Å². The van der Waals surface area contributed by atoms with E-state index in [1.165, 1.54) is 0 Å². The highest BCUT2D eigenvalue weighted by Crippen LogP contribution is 2.20. The molecule has 1 N–H and O–H groups in total. The number of anilines is 1. The third kappa shape index (κ3) is 3.36. The largest absolute Gasteiger partial charge is 0.381 e. The first-order chi connectivity index (χ1) is 8.69. The van der Waals surface area contributed by atoms with Crippen LogP contribution in [0.5, 0.6) is 0 Å². The summed E-state index contributed by atoms with van der Waals surface area (Å²) in [6.07, 6.45) is 0.158. The van der Waals surface area contributed by atoms with Gasteiger partial charge in [-0.15, -0.1) is 0 Å². The molecule has 4 nitrogen and oxygen atoms in total. The minimum absolute atomic E-state index is 0.158. The van der Waals surface area contributed by atoms with Crippen molar-refractivity contribution in [3.8, 4) is 6.07 Å². The maximum atomic E-state index is 9.03. The van der Waals surface area contributed by atoms with E-state index in [9.17, 15) is 0 Å². The van der Waals surface area contributed by atoms with Crippen LogP contribution < -0.4 is 5.32 Å². The van der Waals surface area contributed by atoms with Gasteiger partial charge in [-0.1, -0.05) is 11.6 Å². The van der Waals surface area contributed by atoms with Gasteiger partial charge in [0.1, 0.15) is 6.07 Å². The van der Waals surface area contributed by atoms with Crippen LogP contribution in [-0.2, 0) is 4.74 Å². The highest BCUT2D eigenvalue weighted by Gasteiger charge is 2.17. The molecule has 1 aliphatic rings. The van der Waals surface area contributed by atoms with Crippen LogP contribution in [0.3, 0.4) is 0 Å². The van der Waals surface area contributed by atoms with Crippen molar-refractivity contribution in [1.82, 2.24) is 4.90 Å². The second-order valence-electron chi connectivity index (χ2n) is 4.44. The van der Waals surface area contributed by atoms with Crippen molar-refractivity contribution < 1.29 is 4.74 Å². The second-order valence-corrected chi connectivity index (χ2v) is 4.87. The molecule has 0 amide bonds. The SMILES string of the molecule is CN1CCOC(CNc2ccc(Cl)cc2C#N)C1. The first kappa shape index (κ1) is 13.2. The molecule has 0 spiro atoms. The van der Waals surface area contributed by atoms with E-state index in [1.807, 2.05) is 6.07 Å². The van der Waals surface area contributed by atoms with Gasteiger partial charge in [-0.25, -0.2) is 0 Å². The zero-order chi connectivity index (χ0) is 13.0. The number of morpholine rings is 1. The summed E-state index contributed by atoms with van der Waals surface area (Å²) >= 11 is 5.85. The predicted octanol–water partition coefficient (Wildman–Crippen LogP) is 1.95. The van der Waals surface area contributed by atoms with Crippen molar-refractivity contribution >= 4 is 17.3 Å².